The molecule has 0 bridgehead atoms. The van der Waals surface area contributed by atoms with Crippen molar-refractivity contribution in [1.29, 1.82) is 0 Å². The first-order chi connectivity index (χ1) is 35.0. The van der Waals surface area contributed by atoms with E-state index in [1.54, 1.807) is 0 Å². The molecule has 5 aromatic rings. The average molecular weight is 1020 g/mol. The van der Waals surface area contributed by atoms with Gasteiger partial charge in [0.1, 0.15) is 0 Å². The normalized spacial score (nSPS) is 22.2. The molecule has 2 amide bonds. The molecule has 5 atom stereocenters. The van der Waals surface area contributed by atoms with Crippen LogP contribution in [0.5, 0.6) is 0 Å². The maximum atomic E-state index is 13.2. The summed E-state index contributed by atoms with van der Waals surface area (Å²) in [4.78, 5) is 47.9. The van der Waals surface area contributed by atoms with Gasteiger partial charge in [-0.25, -0.2) is 4.79 Å². The molecule has 12 heteroatoms. The van der Waals surface area contributed by atoms with E-state index in [1.165, 1.54) is 36.5 Å². The Morgan fingerprint density at radius 1 is 0.611 bits per heavy atom. The van der Waals surface area contributed by atoms with E-state index < -0.39 is 11.0 Å². The molecule has 9 rings (SSSR count). The average Bonchev–Trinajstić information content (AvgIpc) is 3.99. The topological polar surface area (TPSA) is 88.7 Å². The van der Waals surface area contributed by atoms with E-state index in [4.69, 9.17) is 23.2 Å². The Morgan fingerprint density at radius 2 is 1.03 bits per heavy atom. The first kappa shape index (κ1) is 54.7. The number of likely N-dealkylation sites (tertiary alicyclic amines) is 3. The van der Waals surface area contributed by atoms with E-state index in [9.17, 15) is 14.4 Å². The second-order valence-corrected chi connectivity index (χ2v) is 21.2. The molecule has 0 aromatic heterocycles. The lowest BCUT2D eigenvalue weighted by atomic mass is 9.72. The summed E-state index contributed by atoms with van der Waals surface area (Å²) >= 11 is 9.87. The van der Waals surface area contributed by atoms with Gasteiger partial charge in [-0.2, -0.15) is 0 Å². The fourth-order valence-electron chi connectivity index (χ4n) is 11.6. The van der Waals surface area contributed by atoms with E-state index in [0.717, 1.165) is 109 Å². The standard InChI is InChI=1S/C32H39N3O.C25H33N3O.C3H4Cl2O2/c1-2-31(36)35(30-16-10-5-11-17-30)26-32-24-33(20-18-27-12-6-3-7-13-27)21-19-29(32)23-34(25-32)22-28-14-8-4-9-15-28;1-2-24(29)28(23-11-7-4-8-12-23)20-25-18-26-17-22(25)14-16-27(19-25)15-13-21-9-5-3-6-10-21;1-2(4)7-3(5)6/h3-17,29H,2,18-26H2,1H3;3-12,22,26H,2,13-20H2,1H3;2H,1H3. The van der Waals surface area contributed by atoms with Crippen LogP contribution in [0.2, 0.25) is 0 Å². The van der Waals surface area contributed by atoms with Crippen molar-refractivity contribution in [2.24, 2.45) is 22.7 Å². The molecule has 0 radical (unpaired) electrons. The van der Waals surface area contributed by atoms with Crippen molar-refractivity contribution in [3.63, 3.8) is 0 Å². The molecule has 0 aliphatic carbocycles. The third kappa shape index (κ3) is 15.5. The summed E-state index contributed by atoms with van der Waals surface area (Å²) in [5, 5.41) is 3.65. The van der Waals surface area contributed by atoms with Crippen molar-refractivity contribution in [2.45, 2.75) is 71.4 Å². The van der Waals surface area contributed by atoms with Gasteiger partial charge in [-0.05, 0) is 105 Å². The van der Waals surface area contributed by atoms with E-state index in [1.807, 2.05) is 55.1 Å². The van der Waals surface area contributed by atoms with E-state index in [0.29, 0.717) is 24.7 Å². The van der Waals surface area contributed by atoms with Crippen molar-refractivity contribution in [3.8, 4) is 0 Å². The molecule has 4 fully saturated rings. The molecule has 1 N–H and O–H groups in total. The Kier molecular flexibility index (Phi) is 20.7. The quantitative estimate of drug-likeness (QED) is 0.0728. The molecular formula is C60H76Cl2N6O4. The number of benzene rings is 5. The number of fused-ring (bicyclic) bond motifs is 2. The Labute approximate surface area is 439 Å². The number of carbonyl (C=O) groups excluding carboxylic acids is 3. The zero-order valence-corrected chi connectivity index (χ0v) is 44.2. The number of hydrogen-bond acceptors (Lipinski definition) is 8. The lowest BCUT2D eigenvalue weighted by Gasteiger charge is -2.46. The fourth-order valence-corrected chi connectivity index (χ4v) is 11.8. The Morgan fingerprint density at radius 3 is 1.47 bits per heavy atom. The Bertz CT molecular complexity index is 2400. The summed E-state index contributed by atoms with van der Waals surface area (Å²) in [5.74, 6) is 1.69. The van der Waals surface area contributed by atoms with Gasteiger partial charge in [0.25, 0.3) is 0 Å². The first-order valence-electron chi connectivity index (χ1n) is 26.2. The summed E-state index contributed by atoms with van der Waals surface area (Å²) in [7, 11) is 0. The third-order valence-corrected chi connectivity index (χ3v) is 15.4. The molecule has 5 aromatic carbocycles. The number of amides is 2. The van der Waals surface area contributed by atoms with Crippen LogP contribution in [-0.4, -0.2) is 116 Å². The molecule has 5 unspecified atom stereocenters. The molecular weight excluding hydrogens is 940 g/mol. The van der Waals surface area contributed by atoms with Crippen LogP contribution in [0.25, 0.3) is 0 Å². The monoisotopic (exact) mass is 1010 g/mol. The van der Waals surface area contributed by atoms with Gasteiger partial charge in [-0.15, -0.1) is 0 Å². The summed E-state index contributed by atoms with van der Waals surface area (Å²) < 4.78 is 4.14. The number of alkyl halides is 1. The zero-order valence-electron chi connectivity index (χ0n) is 42.7. The van der Waals surface area contributed by atoms with Gasteiger partial charge in [0, 0.05) is 112 Å². The van der Waals surface area contributed by atoms with Gasteiger partial charge in [0.15, 0.2) is 5.56 Å². The van der Waals surface area contributed by atoms with Crippen molar-refractivity contribution in [2.75, 3.05) is 88.3 Å². The van der Waals surface area contributed by atoms with Crippen molar-refractivity contribution in [1.82, 2.24) is 20.0 Å². The van der Waals surface area contributed by atoms with Crippen LogP contribution < -0.4 is 15.1 Å². The Balaban J connectivity index is 0.000000190. The van der Waals surface area contributed by atoms with Crippen LogP contribution >= 0.6 is 23.2 Å². The van der Waals surface area contributed by atoms with Gasteiger partial charge in [-0.3, -0.25) is 14.5 Å². The SMILES string of the molecule is CC(Cl)OC(=O)Cl.CCC(=O)N(CC12CN(CCc3ccccc3)CCC1CN(Cc1ccccc1)C2)c1ccccc1.CCC(=O)N(CC12CNCC1CCN(CCc1ccccc1)C2)c1ccccc1. The van der Waals surface area contributed by atoms with Gasteiger partial charge < -0.3 is 29.7 Å². The van der Waals surface area contributed by atoms with Crippen LogP contribution in [-0.2, 0) is 33.7 Å². The second kappa shape index (κ2) is 27.3. The van der Waals surface area contributed by atoms with E-state index in [2.05, 4.69) is 145 Å². The Hall–Kier alpha value is -5.07. The third-order valence-electron chi connectivity index (χ3n) is 15.2. The van der Waals surface area contributed by atoms with Crippen LogP contribution in [0.1, 0.15) is 63.1 Å². The lowest BCUT2D eigenvalue weighted by molar-refractivity contribution is -0.119. The summed E-state index contributed by atoms with van der Waals surface area (Å²) in [6.07, 6.45) is 5.65. The second-order valence-electron chi connectivity index (χ2n) is 20.2. The molecule has 0 saturated carbocycles. The number of para-hydroxylation sites is 2. The minimum absolute atomic E-state index is 0.0738. The lowest BCUT2D eigenvalue weighted by Crippen LogP contribution is -2.55. The minimum Gasteiger partial charge on any atom is -0.434 e. The smallest absolute Gasteiger partial charge is 0.405 e. The number of rotatable bonds is 17. The highest BCUT2D eigenvalue weighted by Gasteiger charge is 2.51. The largest absolute Gasteiger partial charge is 0.434 e. The molecule has 72 heavy (non-hydrogen) atoms. The molecule has 0 spiro atoms. The van der Waals surface area contributed by atoms with Gasteiger partial charge in [0.2, 0.25) is 11.8 Å². The van der Waals surface area contributed by atoms with Crippen LogP contribution in [0.15, 0.2) is 152 Å². The van der Waals surface area contributed by atoms with Crippen LogP contribution in [0.4, 0.5) is 16.2 Å². The number of piperidine rings is 2. The number of ether oxygens (including phenoxy) is 1. The summed E-state index contributed by atoms with van der Waals surface area (Å²) in [6.45, 7) is 18.9. The number of nitrogens with zero attached hydrogens (tertiary/aromatic N) is 5. The van der Waals surface area contributed by atoms with Crippen LogP contribution in [0.3, 0.4) is 0 Å². The molecule has 4 aliphatic rings. The number of anilines is 2. The number of carbonyl (C=O) groups is 3. The number of halogens is 2. The van der Waals surface area contributed by atoms with Gasteiger partial charge in [-0.1, -0.05) is 153 Å². The molecule has 4 aliphatic heterocycles. The van der Waals surface area contributed by atoms with Crippen molar-refractivity contribution >= 4 is 51.8 Å². The summed E-state index contributed by atoms with van der Waals surface area (Å²) in [5.41, 5.74) is 4.93. The number of hydrogen-bond donors (Lipinski definition) is 1. The first-order valence-corrected chi connectivity index (χ1v) is 27.0. The van der Waals surface area contributed by atoms with Crippen molar-refractivity contribution < 1.29 is 19.1 Å². The van der Waals surface area contributed by atoms with Gasteiger partial charge >= 0.3 is 5.43 Å². The molecule has 4 heterocycles. The van der Waals surface area contributed by atoms with E-state index in [-0.39, 0.29) is 22.6 Å². The molecule has 384 valence electrons. The predicted octanol–water partition coefficient (Wildman–Crippen LogP) is 11.0. The summed E-state index contributed by atoms with van der Waals surface area (Å²) in [6, 6.07) is 52.9. The minimum atomic E-state index is -0.873. The number of nitrogens with one attached hydrogen (secondary N) is 1. The van der Waals surface area contributed by atoms with E-state index >= 15 is 0 Å². The maximum Gasteiger partial charge on any atom is 0.405 e. The predicted molar refractivity (Wildman–Crippen MR) is 295 cm³/mol. The highest BCUT2D eigenvalue weighted by molar-refractivity contribution is 6.61. The maximum absolute atomic E-state index is 13.2. The highest BCUT2D eigenvalue weighted by Crippen LogP contribution is 2.45. The van der Waals surface area contributed by atoms with Crippen LogP contribution in [0, 0.1) is 22.7 Å². The van der Waals surface area contributed by atoms with Crippen molar-refractivity contribution in [3.05, 3.63) is 168 Å². The molecule has 4 saturated heterocycles. The fraction of sp³-hybridized carbons (Fsp3) is 0.450. The highest BCUT2D eigenvalue weighted by atomic mass is 35.5. The molecule has 10 nitrogen and oxygen atoms in total. The van der Waals surface area contributed by atoms with Gasteiger partial charge in [0.05, 0.1) is 0 Å². The zero-order chi connectivity index (χ0) is 50.8.